The third kappa shape index (κ3) is 6.12. The molecule has 0 radical (unpaired) electrons. The molecule has 6 nitrogen and oxygen atoms in total. The van der Waals surface area contributed by atoms with E-state index in [0.717, 1.165) is 34.4 Å². The number of methoxy groups -OCH3 is 1. The first-order chi connectivity index (χ1) is 20.7. The van der Waals surface area contributed by atoms with Gasteiger partial charge in [-0.05, 0) is 64.1 Å². The summed E-state index contributed by atoms with van der Waals surface area (Å²) < 4.78 is 5.75. The van der Waals surface area contributed by atoms with Gasteiger partial charge in [-0.15, -0.1) is 0 Å². The van der Waals surface area contributed by atoms with Crippen LogP contribution in [0.5, 0.6) is 5.75 Å². The van der Waals surface area contributed by atoms with Crippen LogP contribution in [0.4, 0.5) is 0 Å². The lowest BCUT2D eigenvalue weighted by atomic mass is 9.72. The summed E-state index contributed by atoms with van der Waals surface area (Å²) in [5.74, 6) is -1.14. The number of fused-ring (bicyclic) bond motifs is 1. The molecule has 1 unspecified atom stereocenters. The minimum atomic E-state index is -1.01. The summed E-state index contributed by atoms with van der Waals surface area (Å²) >= 11 is 6.29. The molecule has 0 bridgehead atoms. The fourth-order valence-corrected chi connectivity index (χ4v) is 7.56. The molecule has 2 N–H and O–H groups in total. The van der Waals surface area contributed by atoms with Gasteiger partial charge in [-0.25, -0.2) is 4.79 Å². The highest BCUT2D eigenvalue weighted by Crippen LogP contribution is 2.50. The first-order valence-corrected chi connectivity index (χ1v) is 15.9. The monoisotopic (exact) mass is 616 g/mol. The number of hydrogen-bond acceptors (Lipinski definition) is 4. The minimum absolute atomic E-state index is 0.0473. The average Bonchev–Trinajstić information content (AvgIpc) is 3.54. The lowest BCUT2D eigenvalue weighted by molar-refractivity contribution is -0.152. The second kappa shape index (κ2) is 12.2. The molecule has 7 heteroatoms. The van der Waals surface area contributed by atoms with Gasteiger partial charge in [0.05, 0.1) is 19.1 Å². The Bertz CT molecular complexity index is 1520. The molecule has 2 aliphatic rings. The second-order valence-corrected chi connectivity index (χ2v) is 14.8. The number of amides is 1. The van der Waals surface area contributed by atoms with Gasteiger partial charge in [0.15, 0.2) is 0 Å². The van der Waals surface area contributed by atoms with Crippen molar-refractivity contribution in [1.29, 1.82) is 0 Å². The van der Waals surface area contributed by atoms with Gasteiger partial charge in [0.2, 0.25) is 5.91 Å². The van der Waals surface area contributed by atoms with Crippen LogP contribution in [0.25, 0.3) is 0 Å². The van der Waals surface area contributed by atoms with Crippen LogP contribution < -0.4 is 10.1 Å². The molecule has 0 spiro atoms. The fraction of sp³-hybridized carbons (Fsp3) is 0.459. The van der Waals surface area contributed by atoms with E-state index >= 15 is 0 Å². The first-order valence-electron chi connectivity index (χ1n) is 15.5. The van der Waals surface area contributed by atoms with Gasteiger partial charge in [-0.1, -0.05) is 102 Å². The maximum absolute atomic E-state index is 14.7. The third-order valence-corrected chi connectivity index (χ3v) is 9.71. The Morgan fingerprint density at radius 2 is 1.70 bits per heavy atom. The number of hydrogen-bond donors (Lipinski definition) is 2. The van der Waals surface area contributed by atoms with Gasteiger partial charge in [-0.3, -0.25) is 4.79 Å². The zero-order chi connectivity index (χ0) is 32.0. The molecule has 0 saturated carbocycles. The van der Waals surface area contributed by atoms with Crippen LogP contribution in [0.1, 0.15) is 87.7 Å². The molecular formula is C37H45ClN2O4. The highest BCUT2D eigenvalue weighted by Gasteiger charge is 2.58. The number of carbonyl (C=O) groups excluding carboxylic acids is 1. The Morgan fingerprint density at radius 3 is 2.32 bits per heavy atom. The number of ether oxygens (including phenoxy) is 1. The Hall–Kier alpha value is -3.35. The SMILES string of the molecule is COc1ccc(C(C)(C)C)cc1CN[C@H]1[C@H](C(C)(C)C)[C@@H](C(=O)O)N(C(=O)C2CCc3cc(Cl)ccc32)[C@H]1c1ccccc1. The number of likely N-dealkylation sites (tertiary alicyclic amines) is 1. The van der Waals surface area contributed by atoms with Gasteiger partial charge >= 0.3 is 5.97 Å². The van der Waals surface area contributed by atoms with Gasteiger partial charge in [0.1, 0.15) is 11.8 Å². The van der Waals surface area contributed by atoms with Crippen molar-refractivity contribution >= 4 is 23.5 Å². The van der Waals surface area contributed by atoms with E-state index in [-0.39, 0.29) is 23.3 Å². The molecule has 3 aromatic rings. The summed E-state index contributed by atoms with van der Waals surface area (Å²) in [6, 6.07) is 20.0. The summed E-state index contributed by atoms with van der Waals surface area (Å²) in [5.41, 5.74) is 4.64. The molecule has 44 heavy (non-hydrogen) atoms. The van der Waals surface area contributed by atoms with Crippen LogP contribution in [0.2, 0.25) is 5.02 Å². The number of nitrogens with zero attached hydrogens (tertiary/aromatic N) is 1. The highest BCUT2D eigenvalue weighted by atomic mass is 35.5. The Kier molecular flexibility index (Phi) is 8.90. The number of nitrogens with one attached hydrogen (secondary N) is 1. The van der Waals surface area contributed by atoms with Crippen molar-refractivity contribution < 1.29 is 19.4 Å². The van der Waals surface area contributed by atoms with E-state index in [4.69, 9.17) is 16.3 Å². The number of aliphatic carboxylic acids is 1. The molecule has 0 aromatic heterocycles. The molecule has 1 aliphatic carbocycles. The predicted octanol–water partition coefficient (Wildman–Crippen LogP) is 7.53. The number of halogens is 1. The smallest absolute Gasteiger partial charge is 0.326 e. The van der Waals surface area contributed by atoms with E-state index in [2.05, 4.69) is 59.0 Å². The number of aryl methyl sites for hydroxylation is 1. The van der Waals surface area contributed by atoms with Crippen LogP contribution in [-0.2, 0) is 28.0 Å². The van der Waals surface area contributed by atoms with Gasteiger partial charge in [-0.2, -0.15) is 0 Å². The Balaban J connectivity index is 1.61. The topological polar surface area (TPSA) is 78.9 Å². The lowest BCUT2D eigenvalue weighted by Crippen LogP contribution is -2.48. The molecule has 1 amide bonds. The zero-order valence-electron chi connectivity index (χ0n) is 26.9. The van der Waals surface area contributed by atoms with Crippen LogP contribution in [0.15, 0.2) is 66.7 Å². The minimum Gasteiger partial charge on any atom is -0.496 e. The highest BCUT2D eigenvalue weighted by molar-refractivity contribution is 6.30. The van der Waals surface area contributed by atoms with Crippen LogP contribution in [0.3, 0.4) is 0 Å². The number of carboxylic acid groups (broad SMARTS) is 1. The van der Waals surface area contributed by atoms with Crippen molar-refractivity contribution in [2.45, 2.75) is 90.4 Å². The lowest BCUT2D eigenvalue weighted by Gasteiger charge is -2.35. The molecule has 3 aromatic carbocycles. The van der Waals surface area contributed by atoms with Crippen LogP contribution >= 0.6 is 11.6 Å². The van der Waals surface area contributed by atoms with Crippen molar-refractivity contribution in [1.82, 2.24) is 10.2 Å². The van der Waals surface area contributed by atoms with Gasteiger partial charge in [0, 0.05) is 29.1 Å². The predicted molar refractivity (Wildman–Crippen MR) is 175 cm³/mol. The molecule has 1 aliphatic heterocycles. The largest absolute Gasteiger partial charge is 0.496 e. The molecule has 1 fully saturated rings. The number of benzene rings is 3. The van der Waals surface area contributed by atoms with Crippen molar-refractivity contribution in [2.24, 2.45) is 11.3 Å². The quantitative estimate of drug-likeness (QED) is 0.287. The second-order valence-electron chi connectivity index (χ2n) is 14.4. The van der Waals surface area contributed by atoms with E-state index in [1.54, 1.807) is 12.0 Å². The summed E-state index contributed by atoms with van der Waals surface area (Å²) in [6.07, 6.45) is 1.37. The first kappa shape index (κ1) is 32.1. The summed E-state index contributed by atoms with van der Waals surface area (Å²) in [6.45, 7) is 13.2. The number of carbonyl (C=O) groups is 2. The van der Waals surface area contributed by atoms with Gasteiger partial charge in [0.25, 0.3) is 0 Å². The van der Waals surface area contributed by atoms with Gasteiger partial charge < -0.3 is 20.1 Å². The van der Waals surface area contributed by atoms with Crippen LogP contribution in [0, 0.1) is 11.3 Å². The van der Waals surface area contributed by atoms with Crippen molar-refractivity contribution in [3.05, 3.63) is 99.6 Å². The van der Waals surface area contributed by atoms with E-state index in [1.807, 2.05) is 54.6 Å². The zero-order valence-corrected chi connectivity index (χ0v) is 27.6. The van der Waals surface area contributed by atoms with E-state index in [0.29, 0.717) is 18.0 Å². The van der Waals surface area contributed by atoms with E-state index < -0.39 is 29.4 Å². The molecule has 5 atom stereocenters. The molecule has 1 heterocycles. The van der Waals surface area contributed by atoms with E-state index in [1.165, 1.54) is 5.56 Å². The molecule has 234 valence electrons. The Labute approximate surface area is 266 Å². The fourth-order valence-electron chi connectivity index (χ4n) is 7.36. The van der Waals surface area contributed by atoms with Crippen molar-refractivity contribution in [3.8, 4) is 5.75 Å². The van der Waals surface area contributed by atoms with Crippen molar-refractivity contribution in [2.75, 3.05) is 7.11 Å². The van der Waals surface area contributed by atoms with E-state index in [9.17, 15) is 14.7 Å². The average molecular weight is 617 g/mol. The summed E-state index contributed by atoms with van der Waals surface area (Å²) in [4.78, 5) is 29.7. The van der Waals surface area contributed by atoms with Crippen molar-refractivity contribution in [3.63, 3.8) is 0 Å². The summed E-state index contributed by atoms with van der Waals surface area (Å²) in [7, 11) is 1.67. The Morgan fingerprint density at radius 1 is 1.00 bits per heavy atom. The molecule has 1 saturated heterocycles. The summed E-state index contributed by atoms with van der Waals surface area (Å²) in [5, 5.41) is 15.3. The third-order valence-electron chi connectivity index (χ3n) is 9.47. The number of rotatable bonds is 7. The van der Waals surface area contributed by atoms with Crippen LogP contribution in [-0.4, -0.2) is 41.1 Å². The molecular weight excluding hydrogens is 572 g/mol. The maximum atomic E-state index is 14.7. The maximum Gasteiger partial charge on any atom is 0.326 e. The number of carboxylic acids is 1. The standard InChI is InChI=1S/C37H45ClN2O4/c1-36(2,3)25-14-18-29(44-7)24(19-25)21-39-31-30(37(4,5)6)33(35(42)43)40(32(31)22-11-9-8-10-12-22)34(41)28-16-13-23-20-26(38)15-17-27(23)28/h8-12,14-15,17-20,28,30-33,39H,13,16,21H2,1-7H3,(H,42,43)/t28?,30-,31-,32-,33-/m0/s1. The molecule has 5 rings (SSSR count). The normalized spacial score (nSPS) is 23.5.